The van der Waals surface area contributed by atoms with Crippen LogP contribution in [0.1, 0.15) is 10.4 Å². The summed E-state index contributed by atoms with van der Waals surface area (Å²) in [5.74, 6) is 0. The Balaban J connectivity index is 2.18. The Labute approximate surface area is 131 Å². The number of hydrogen-bond acceptors (Lipinski definition) is 2. The van der Waals surface area contributed by atoms with E-state index in [1.165, 1.54) is 0 Å². The van der Waals surface area contributed by atoms with Gasteiger partial charge in [-0.2, -0.15) is 5.10 Å². The lowest BCUT2D eigenvalue weighted by molar-refractivity contribution is 0.112. The molecule has 5 heteroatoms. The summed E-state index contributed by atoms with van der Waals surface area (Å²) in [6.45, 7) is 0. The average molecular weight is 317 g/mol. The zero-order chi connectivity index (χ0) is 14.8. The van der Waals surface area contributed by atoms with Gasteiger partial charge in [0.25, 0.3) is 0 Å². The summed E-state index contributed by atoms with van der Waals surface area (Å²) in [4.78, 5) is 11.4. The van der Waals surface area contributed by atoms with E-state index < -0.39 is 0 Å². The van der Waals surface area contributed by atoms with Gasteiger partial charge in [-0.05, 0) is 24.3 Å². The highest BCUT2D eigenvalue weighted by Crippen LogP contribution is 2.30. The molecule has 1 aromatic heterocycles. The molecule has 0 saturated heterocycles. The maximum atomic E-state index is 11.4. The number of rotatable bonds is 3. The Hall–Kier alpha value is -2.10. The van der Waals surface area contributed by atoms with Crippen molar-refractivity contribution in [2.45, 2.75) is 0 Å². The van der Waals surface area contributed by atoms with Crippen LogP contribution in [-0.4, -0.2) is 16.1 Å². The molecule has 21 heavy (non-hydrogen) atoms. The van der Waals surface area contributed by atoms with Crippen LogP contribution in [0.15, 0.2) is 54.6 Å². The standard InChI is InChI=1S/C16H10Cl2N2O/c17-12-8-6-11(7-9-12)15-14(10-21)16(18)20(19-15)13-4-2-1-3-5-13/h1-10H. The van der Waals surface area contributed by atoms with Crippen molar-refractivity contribution in [1.29, 1.82) is 0 Å². The quantitative estimate of drug-likeness (QED) is 0.659. The molecule has 0 fully saturated rings. The molecule has 0 aliphatic rings. The molecule has 0 unspecified atom stereocenters. The number of halogens is 2. The monoisotopic (exact) mass is 316 g/mol. The van der Waals surface area contributed by atoms with Crippen LogP contribution in [0.2, 0.25) is 10.2 Å². The molecule has 3 rings (SSSR count). The molecule has 0 atom stereocenters. The van der Waals surface area contributed by atoms with Crippen LogP contribution in [0.3, 0.4) is 0 Å². The average Bonchev–Trinajstić information content (AvgIpc) is 2.85. The highest BCUT2D eigenvalue weighted by Gasteiger charge is 2.18. The summed E-state index contributed by atoms with van der Waals surface area (Å²) in [6, 6.07) is 16.5. The predicted molar refractivity (Wildman–Crippen MR) is 84.4 cm³/mol. The van der Waals surface area contributed by atoms with Gasteiger partial charge in [0, 0.05) is 10.6 Å². The largest absolute Gasteiger partial charge is 0.298 e. The lowest BCUT2D eigenvalue weighted by Crippen LogP contribution is -1.96. The number of carbonyl (C=O) groups is 1. The fraction of sp³-hybridized carbons (Fsp3) is 0. The summed E-state index contributed by atoms with van der Waals surface area (Å²) >= 11 is 12.2. The van der Waals surface area contributed by atoms with Gasteiger partial charge in [-0.1, -0.05) is 53.5 Å². The first kappa shape index (κ1) is 13.9. The van der Waals surface area contributed by atoms with Crippen molar-refractivity contribution in [3.05, 3.63) is 70.3 Å². The SMILES string of the molecule is O=Cc1c(-c2ccc(Cl)cc2)nn(-c2ccccc2)c1Cl. The lowest BCUT2D eigenvalue weighted by Gasteiger charge is -2.01. The summed E-state index contributed by atoms with van der Waals surface area (Å²) in [5, 5.41) is 5.38. The third kappa shape index (κ3) is 2.58. The third-order valence-electron chi connectivity index (χ3n) is 3.10. The topological polar surface area (TPSA) is 34.9 Å². The number of aromatic nitrogens is 2. The number of hydrogen-bond donors (Lipinski definition) is 0. The van der Waals surface area contributed by atoms with Gasteiger partial charge >= 0.3 is 0 Å². The minimum absolute atomic E-state index is 0.293. The summed E-state index contributed by atoms with van der Waals surface area (Å²) in [7, 11) is 0. The second kappa shape index (κ2) is 5.72. The van der Waals surface area contributed by atoms with E-state index in [9.17, 15) is 4.79 Å². The molecule has 0 radical (unpaired) electrons. The Morgan fingerprint density at radius 3 is 2.24 bits per heavy atom. The second-order valence-electron chi connectivity index (χ2n) is 4.43. The Bertz CT molecular complexity index is 780. The number of para-hydroxylation sites is 1. The molecular formula is C16H10Cl2N2O. The molecule has 3 nitrogen and oxygen atoms in total. The highest BCUT2D eigenvalue weighted by atomic mass is 35.5. The van der Waals surface area contributed by atoms with Crippen molar-refractivity contribution >= 4 is 29.5 Å². The van der Waals surface area contributed by atoms with Gasteiger partial charge in [0.2, 0.25) is 0 Å². The smallest absolute Gasteiger partial charge is 0.155 e. The van der Waals surface area contributed by atoms with E-state index >= 15 is 0 Å². The fourth-order valence-corrected chi connectivity index (χ4v) is 2.47. The van der Waals surface area contributed by atoms with E-state index in [0.717, 1.165) is 17.5 Å². The third-order valence-corrected chi connectivity index (χ3v) is 3.72. The van der Waals surface area contributed by atoms with Crippen LogP contribution in [0, 0.1) is 0 Å². The van der Waals surface area contributed by atoms with Crippen LogP contribution in [-0.2, 0) is 0 Å². The molecular weight excluding hydrogens is 307 g/mol. The Morgan fingerprint density at radius 1 is 0.952 bits per heavy atom. The molecule has 0 aliphatic carbocycles. The molecule has 3 aromatic rings. The van der Waals surface area contributed by atoms with Crippen LogP contribution in [0.4, 0.5) is 0 Å². The molecule has 1 heterocycles. The minimum atomic E-state index is 0.293. The van der Waals surface area contributed by atoms with Gasteiger partial charge in [0.1, 0.15) is 10.8 Å². The maximum Gasteiger partial charge on any atom is 0.155 e. The normalized spacial score (nSPS) is 10.6. The van der Waals surface area contributed by atoms with Gasteiger partial charge < -0.3 is 0 Å². The highest BCUT2D eigenvalue weighted by molar-refractivity contribution is 6.33. The van der Waals surface area contributed by atoms with Gasteiger partial charge in [-0.15, -0.1) is 0 Å². The zero-order valence-electron chi connectivity index (χ0n) is 10.8. The predicted octanol–water partition coefficient (Wildman–Crippen LogP) is 4.66. The second-order valence-corrected chi connectivity index (χ2v) is 5.22. The molecule has 0 aliphatic heterocycles. The van der Waals surface area contributed by atoms with E-state index in [1.807, 2.05) is 42.5 Å². The first-order valence-corrected chi connectivity index (χ1v) is 7.01. The van der Waals surface area contributed by atoms with Crippen LogP contribution >= 0.6 is 23.2 Å². The number of nitrogens with zero attached hydrogens (tertiary/aromatic N) is 2. The molecule has 0 spiro atoms. The van der Waals surface area contributed by atoms with Crippen LogP contribution in [0.25, 0.3) is 16.9 Å². The van der Waals surface area contributed by atoms with E-state index in [4.69, 9.17) is 23.2 Å². The Morgan fingerprint density at radius 2 is 1.62 bits per heavy atom. The van der Waals surface area contributed by atoms with Gasteiger partial charge in [-0.25, -0.2) is 4.68 Å². The fourth-order valence-electron chi connectivity index (χ4n) is 2.08. The lowest BCUT2D eigenvalue weighted by atomic mass is 10.1. The molecule has 0 N–H and O–H groups in total. The van der Waals surface area contributed by atoms with Crippen molar-refractivity contribution in [1.82, 2.24) is 9.78 Å². The molecule has 2 aromatic carbocycles. The maximum absolute atomic E-state index is 11.4. The molecule has 0 saturated carbocycles. The van der Waals surface area contributed by atoms with Crippen molar-refractivity contribution < 1.29 is 4.79 Å². The van der Waals surface area contributed by atoms with E-state index in [2.05, 4.69) is 5.10 Å². The molecule has 0 amide bonds. The van der Waals surface area contributed by atoms with Crippen molar-refractivity contribution in [3.63, 3.8) is 0 Å². The van der Waals surface area contributed by atoms with Crippen molar-refractivity contribution in [3.8, 4) is 16.9 Å². The summed E-state index contributed by atoms with van der Waals surface area (Å²) in [5.41, 5.74) is 2.49. The Kier molecular flexibility index (Phi) is 3.78. The number of benzene rings is 2. The zero-order valence-corrected chi connectivity index (χ0v) is 12.3. The van der Waals surface area contributed by atoms with Crippen molar-refractivity contribution in [2.75, 3.05) is 0 Å². The van der Waals surface area contributed by atoms with Crippen LogP contribution in [0.5, 0.6) is 0 Å². The van der Waals surface area contributed by atoms with E-state index in [1.54, 1.807) is 16.8 Å². The van der Waals surface area contributed by atoms with Crippen molar-refractivity contribution in [2.24, 2.45) is 0 Å². The first-order chi connectivity index (χ1) is 10.2. The van der Waals surface area contributed by atoms with Crippen LogP contribution < -0.4 is 0 Å². The number of carbonyl (C=O) groups excluding carboxylic acids is 1. The van der Waals surface area contributed by atoms with Gasteiger partial charge in [-0.3, -0.25) is 4.79 Å². The molecule has 0 bridgehead atoms. The summed E-state index contributed by atoms with van der Waals surface area (Å²) in [6.07, 6.45) is 0.721. The van der Waals surface area contributed by atoms with E-state index in [0.29, 0.717) is 21.4 Å². The summed E-state index contributed by atoms with van der Waals surface area (Å²) < 4.78 is 1.55. The van der Waals surface area contributed by atoms with Gasteiger partial charge in [0.15, 0.2) is 6.29 Å². The molecule has 104 valence electrons. The van der Waals surface area contributed by atoms with E-state index in [-0.39, 0.29) is 0 Å². The number of aldehydes is 1. The minimum Gasteiger partial charge on any atom is -0.298 e. The van der Waals surface area contributed by atoms with Gasteiger partial charge in [0.05, 0.1) is 11.3 Å². The first-order valence-electron chi connectivity index (χ1n) is 6.26.